The van der Waals surface area contributed by atoms with Crippen molar-refractivity contribution in [2.45, 2.75) is 13.0 Å². The molecule has 0 radical (unpaired) electrons. The second kappa shape index (κ2) is 7.11. The smallest absolute Gasteiger partial charge is 0.271 e. The average molecular weight is 351 g/mol. The SMILES string of the molecule is C[C@H](C=O)N(N)c1cnc(C(N)=O)c(Nc2ccc3ncccc3c2)n1. The molecule has 0 spiro atoms. The molecule has 9 heteroatoms. The van der Waals surface area contributed by atoms with Gasteiger partial charge in [0.25, 0.3) is 5.91 Å². The van der Waals surface area contributed by atoms with Crippen LogP contribution in [-0.2, 0) is 4.79 Å². The van der Waals surface area contributed by atoms with Gasteiger partial charge >= 0.3 is 0 Å². The third-order valence-electron chi connectivity index (χ3n) is 3.76. The molecule has 2 heterocycles. The summed E-state index contributed by atoms with van der Waals surface area (Å²) >= 11 is 0. The summed E-state index contributed by atoms with van der Waals surface area (Å²) in [6.45, 7) is 1.61. The van der Waals surface area contributed by atoms with E-state index in [1.165, 1.54) is 6.20 Å². The van der Waals surface area contributed by atoms with Gasteiger partial charge in [-0.2, -0.15) is 0 Å². The van der Waals surface area contributed by atoms with Crippen molar-refractivity contribution in [3.63, 3.8) is 0 Å². The molecule has 0 fully saturated rings. The van der Waals surface area contributed by atoms with Gasteiger partial charge in [-0.1, -0.05) is 6.07 Å². The molecule has 26 heavy (non-hydrogen) atoms. The molecule has 9 nitrogen and oxygen atoms in total. The lowest BCUT2D eigenvalue weighted by atomic mass is 10.2. The van der Waals surface area contributed by atoms with E-state index in [1.54, 1.807) is 19.2 Å². The predicted octanol–water partition coefficient (Wildman–Crippen LogP) is 1.13. The molecule has 3 aromatic rings. The number of rotatable bonds is 6. The Morgan fingerprint density at radius 3 is 2.85 bits per heavy atom. The molecule has 1 atom stereocenters. The number of aromatic nitrogens is 3. The number of nitrogens with zero attached hydrogens (tertiary/aromatic N) is 4. The standard InChI is InChI=1S/C17H17N7O2/c1-10(9-25)24(19)14-8-21-15(16(18)26)17(23-14)22-12-4-5-13-11(7-12)3-2-6-20-13/h2-10H,19H2,1H3,(H2,18,26)(H,22,23)/t10-/m1/s1. The molecular weight excluding hydrogens is 334 g/mol. The van der Waals surface area contributed by atoms with Gasteiger partial charge in [-0.3, -0.25) is 14.8 Å². The molecule has 5 N–H and O–H groups in total. The van der Waals surface area contributed by atoms with Gasteiger partial charge in [0.15, 0.2) is 17.3 Å². The van der Waals surface area contributed by atoms with Crippen LogP contribution in [0.2, 0.25) is 0 Å². The number of hydrogen-bond acceptors (Lipinski definition) is 8. The highest BCUT2D eigenvalue weighted by atomic mass is 16.1. The number of hydrogen-bond donors (Lipinski definition) is 3. The Morgan fingerprint density at radius 1 is 1.31 bits per heavy atom. The van der Waals surface area contributed by atoms with Gasteiger partial charge < -0.3 is 15.8 Å². The van der Waals surface area contributed by atoms with Crippen LogP contribution >= 0.6 is 0 Å². The third kappa shape index (κ3) is 3.42. The zero-order chi connectivity index (χ0) is 18.7. The maximum Gasteiger partial charge on any atom is 0.271 e. The lowest BCUT2D eigenvalue weighted by molar-refractivity contribution is -0.108. The van der Waals surface area contributed by atoms with Crippen LogP contribution in [0, 0.1) is 0 Å². The van der Waals surface area contributed by atoms with Crippen molar-refractivity contribution < 1.29 is 9.59 Å². The van der Waals surface area contributed by atoms with Gasteiger partial charge in [0.05, 0.1) is 17.8 Å². The number of carbonyl (C=O) groups is 2. The zero-order valence-corrected chi connectivity index (χ0v) is 14.0. The lowest BCUT2D eigenvalue weighted by Crippen LogP contribution is -2.41. The predicted molar refractivity (Wildman–Crippen MR) is 97.8 cm³/mol. The quantitative estimate of drug-likeness (QED) is 0.341. The minimum absolute atomic E-state index is 0.0350. The number of benzene rings is 1. The average Bonchev–Trinajstić information content (AvgIpc) is 2.66. The van der Waals surface area contributed by atoms with E-state index >= 15 is 0 Å². The molecule has 132 valence electrons. The van der Waals surface area contributed by atoms with Crippen LogP contribution in [-0.4, -0.2) is 33.2 Å². The van der Waals surface area contributed by atoms with Crippen molar-refractivity contribution in [3.8, 4) is 0 Å². The number of nitrogens with two attached hydrogens (primary N) is 2. The maximum atomic E-state index is 11.7. The molecule has 0 aliphatic rings. The topological polar surface area (TPSA) is 140 Å². The fourth-order valence-electron chi connectivity index (χ4n) is 2.34. The molecule has 0 unspecified atom stereocenters. The fraction of sp³-hybridized carbons (Fsp3) is 0.118. The first kappa shape index (κ1) is 17.2. The summed E-state index contributed by atoms with van der Waals surface area (Å²) in [4.78, 5) is 35.2. The second-order valence-electron chi connectivity index (χ2n) is 5.61. The molecule has 1 amide bonds. The number of pyridine rings is 1. The van der Waals surface area contributed by atoms with Crippen LogP contribution in [0.5, 0.6) is 0 Å². The Balaban J connectivity index is 2.00. The summed E-state index contributed by atoms with van der Waals surface area (Å²) in [6.07, 6.45) is 3.67. The molecule has 3 rings (SSSR count). The number of carbonyl (C=O) groups excluding carboxylic acids is 2. The Bertz CT molecular complexity index is 976. The number of aldehydes is 1. The Morgan fingerprint density at radius 2 is 2.12 bits per heavy atom. The van der Waals surface area contributed by atoms with Crippen molar-refractivity contribution in [2.75, 3.05) is 10.3 Å². The first-order valence-corrected chi connectivity index (χ1v) is 7.77. The highest BCUT2D eigenvalue weighted by Crippen LogP contribution is 2.23. The first-order chi connectivity index (χ1) is 12.5. The number of fused-ring (bicyclic) bond motifs is 1. The van der Waals surface area contributed by atoms with Crippen molar-refractivity contribution >= 4 is 40.4 Å². The first-order valence-electron chi connectivity index (χ1n) is 7.77. The van der Waals surface area contributed by atoms with Crippen LogP contribution in [0.3, 0.4) is 0 Å². The van der Waals surface area contributed by atoms with E-state index in [0.717, 1.165) is 15.9 Å². The summed E-state index contributed by atoms with van der Waals surface area (Å²) in [5.41, 5.74) is 6.85. The van der Waals surface area contributed by atoms with Crippen LogP contribution in [0.25, 0.3) is 10.9 Å². The Kier molecular flexibility index (Phi) is 4.72. The summed E-state index contributed by atoms with van der Waals surface area (Å²) in [5.74, 6) is 5.49. The molecular formula is C17H17N7O2. The van der Waals surface area contributed by atoms with Gasteiger partial charge in [0.1, 0.15) is 6.29 Å². The van der Waals surface area contributed by atoms with E-state index in [-0.39, 0.29) is 17.3 Å². The number of hydrazine groups is 1. The maximum absolute atomic E-state index is 11.7. The monoisotopic (exact) mass is 351 g/mol. The molecule has 2 aromatic heterocycles. The van der Waals surface area contributed by atoms with Crippen molar-refractivity contribution in [2.24, 2.45) is 11.6 Å². The summed E-state index contributed by atoms with van der Waals surface area (Å²) in [5, 5.41) is 5.09. The van der Waals surface area contributed by atoms with E-state index in [9.17, 15) is 9.59 Å². The number of primary amides is 1. The second-order valence-corrected chi connectivity index (χ2v) is 5.61. The molecule has 0 aliphatic carbocycles. The van der Waals surface area contributed by atoms with Crippen molar-refractivity contribution in [1.29, 1.82) is 0 Å². The van der Waals surface area contributed by atoms with Gasteiger partial charge in [-0.15, -0.1) is 0 Å². The molecule has 0 aliphatic heterocycles. The third-order valence-corrected chi connectivity index (χ3v) is 3.76. The number of anilines is 3. The summed E-state index contributed by atoms with van der Waals surface area (Å²) in [6, 6.07) is 8.62. The minimum atomic E-state index is -0.735. The van der Waals surface area contributed by atoms with E-state index in [4.69, 9.17) is 11.6 Å². The molecule has 0 saturated heterocycles. The molecule has 1 aromatic carbocycles. The summed E-state index contributed by atoms with van der Waals surface area (Å²) in [7, 11) is 0. The van der Waals surface area contributed by atoms with E-state index in [0.29, 0.717) is 12.0 Å². The highest BCUT2D eigenvalue weighted by molar-refractivity contribution is 5.96. The van der Waals surface area contributed by atoms with Gasteiger partial charge in [0, 0.05) is 17.3 Å². The zero-order valence-electron chi connectivity index (χ0n) is 14.0. The fourth-order valence-corrected chi connectivity index (χ4v) is 2.34. The van der Waals surface area contributed by atoms with Gasteiger partial charge in [0.2, 0.25) is 0 Å². The Labute approximate surface area is 149 Å². The van der Waals surface area contributed by atoms with Crippen LogP contribution in [0.15, 0.2) is 42.7 Å². The van der Waals surface area contributed by atoms with Gasteiger partial charge in [-0.05, 0) is 31.2 Å². The lowest BCUT2D eigenvalue weighted by Gasteiger charge is -2.21. The minimum Gasteiger partial charge on any atom is -0.364 e. The molecule has 0 saturated carbocycles. The van der Waals surface area contributed by atoms with E-state index in [1.807, 2.05) is 24.3 Å². The van der Waals surface area contributed by atoms with Crippen LogP contribution in [0.1, 0.15) is 17.4 Å². The normalized spacial score (nSPS) is 11.8. The number of amides is 1. The van der Waals surface area contributed by atoms with E-state index in [2.05, 4.69) is 20.3 Å². The van der Waals surface area contributed by atoms with E-state index < -0.39 is 11.9 Å². The van der Waals surface area contributed by atoms with Crippen LogP contribution < -0.4 is 21.9 Å². The van der Waals surface area contributed by atoms with Crippen molar-refractivity contribution in [3.05, 3.63) is 48.4 Å². The van der Waals surface area contributed by atoms with Crippen molar-refractivity contribution in [1.82, 2.24) is 15.0 Å². The van der Waals surface area contributed by atoms with Crippen LogP contribution in [0.4, 0.5) is 17.3 Å². The highest BCUT2D eigenvalue weighted by Gasteiger charge is 2.17. The summed E-state index contributed by atoms with van der Waals surface area (Å²) < 4.78 is 0. The van der Waals surface area contributed by atoms with Gasteiger partial charge in [-0.25, -0.2) is 15.8 Å². The molecule has 0 bridgehead atoms. The largest absolute Gasteiger partial charge is 0.364 e. The Hall–Kier alpha value is -3.59. The number of nitrogens with one attached hydrogen (secondary N) is 1.